The van der Waals surface area contributed by atoms with Crippen molar-refractivity contribution < 1.29 is 27.4 Å². The van der Waals surface area contributed by atoms with Crippen LogP contribution in [-0.2, 0) is 9.47 Å². The summed E-state index contributed by atoms with van der Waals surface area (Å²) in [6.45, 7) is 1.64. The van der Waals surface area contributed by atoms with Crippen LogP contribution in [0.15, 0.2) is 0 Å². The predicted octanol–water partition coefficient (Wildman–Crippen LogP) is 3.05. The van der Waals surface area contributed by atoms with E-state index in [2.05, 4.69) is 20.3 Å². The van der Waals surface area contributed by atoms with Crippen molar-refractivity contribution in [1.29, 1.82) is 0 Å². The average Bonchev–Trinajstić information content (AvgIpc) is 2.74. The van der Waals surface area contributed by atoms with Crippen LogP contribution in [0.3, 0.4) is 0 Å². The molecule has 32 heavy (non-hydrogen) atoms. The number of morpholine rings is 1. The van der Waals surface area contributed by atoms with Gasteiger partial charge in [0, 0.05) is 19.6 Å². The summed E-state index contributed by atoms with van der Waals surface area (Å²) < 4.78 is 54.3. The maximum absolute atomic E-state index is 12.6. The highest BCUT2D eigenvalue weighted by Gasteiger charge is 2.51. The molecule has 1 aromatic heterocycles. The number of nitrogens with one attached hydrogen (secondary N) is 1. The molecule has 0 aromatic carbocycles. The standard InChI is InChI=1S/C21H30F3N5O3/c22-21(23,24)13-31-19-27-17(26-18(28-19)29-2-5-30-6-3-29)25-1-4-32-20-10-14-7-15(11-20)9-16(8-14)12-20/h14-16H,1-13H2,(H,25,26,27,28). The first-order valence-corrected chi connectivity index (χ1v) is 11.5. The first-order valence-electron chi connectivity index (χ1n) is 11.5. The van der Waals surface area contributed by atoms with Gasteiger partial charge in [0.1, 0.15) is 0 Å². The number of rotatable bonds is 8. The largest absolute Gasteiger partial charge is 0.454 e. The summed E-state index contributed by atoms with van der Waals surface area (Å²) in [5, 5.41) is 3.09. The molecule has 0 amide bonds. The first-order chi connectivity index (χ1) is 15.4. The van der Waals surface area contributed by atoms with Gasteiger partial charge in [-0.1, -0.05) is 0 Å². The molecule has 178 valence electrons. The first kappa shape index (κ1) is 21.9. The number of nitrogens with zero attached hydrogens (tertiary/aromatic N) is 4. The van der Waals surface area contributed by atoms with Crippen LogP contribution >= 0.6 is 0 Å². The smallest absolute Gasteiger partial charge is 0.422 e. The molecule has 11 heteroatoms. The number of hydrogen-bond donors (Lipinski definition) is 1. The lowest BCUT2D eigenvalue weighted by atomic mass is 9.54. The number of aromatic nitrogens is 3. The third kappa shape index (κ3) is 5.19. The number of halogens is 3. The molecule has 4 bridgehead atoms. The Morgan fingerprint density at radius 1 is 1.00 bits per heavy atom. The molecule has 8 nitrogen and oxygen atoms in total. The molecule has 0 atom stereocenters. The third-order valence-electron chi connectivity index (χ3n) is 7.04. The van der Waals surface area contributed by atoms with Crippen LogP contribution in [-0.4, -0.2) is 72.8 Å². The van der Waals surface area contributed by atoms with Crippen molar-refractivity contribution in [1.82, 2.24) is 15.0 Å². The van der Waals surface area contributed by atoms with Crippen molar-refractivity contribution in [2.24, 2.45) is 17.8 Å². The number of hydrogen-bond acceptors (Lipinski definition) is 8. The van der Waals surface area contributed by atoms with Gasteiger partial charge in [-0.25, -0.2) is 0 Å². The zero-order valence-electron chi connectivity index (χ0n) is 18.1. The van der Waals surface area contributed by atoms with Gasteiger partial charge in [-0.05, 0) is 56.3 Å². The van der Waals surface area contributed by atoms with E-state index in [0.29, 0.717) is 39.5 Å². The van der Waals surface area contributed by atoms with E-state index in [9.17, 15) is 13.2 Å². The zero-order valence-corrected chi connectivity index (χ0v) is 18.1. The lowest BCUT2D eigenvalue weighted by Gasteiger charge is -2.56. The maximum Gasteiger partial charge on any atom is 0.422 e. The van der Waals surface area contributed by atoms with Crippen LogP contribution in [0.25, 0.3) is 0 Å². The van der Waals surface area contributed by atoms with Crippen molar-refractivity contribution in [3.05, 3.63) is 0 Å². The minimum atomic E-state index is -4.47. The lowest BCUT2D eigenvalue weighted by Crippen LogP contribution is -2.52. The van der Waals surface area contributed by atoms with Crippen molar-refractivity contribution in [2.75, 3.05) is 56.3 Å². The Kier molecular flexibility index (Phi) is 6.04. The monoisotopic (exact) mass is 457 g/mol. The molecule has 5 fully saturated rings. The minimum absolute atomic E-state index is 0.00940. The highest BCUT2D eigenvalue weighted by molar-refractivity contribution is 5.38. The SMILES string of the molecule is FC(F)(F)COc1nc(NCCOC23CC4CC(CC(C4)C2)C3)nc(N2CCOCC2)n1. The summed E-state index contributed by atoms with van der Waals surface area (Å²) >= 11 is 0. The summed E-state index contributed by atoms with van der Waals surface area (Å²) in [7, 11) is 0. The summed E-state index contributed by atoms with van der Waals surface area (Å²) in [6, 6.07) is -0.344. The molecule has 0 spiro atoms. The van der Waals surface area contributed by atoms with Crippen molar-refractivity contribution in [3.63, 3.8) is 0 Å². The Labute approximate surface area is 185 Å². The van der Waals surface area contributed by atoms with E-state index >= 15 is 0 Å². The van der Waals surface area contributed by atoms with Gasteiger partial charge in [0.2, 0.25) is 11.9 Å². The Bertz CT molecular complexity index is 768. The molecule has 5 aliphatic rings. The molecular formula is C21H30F3N5O3. The van der Waals surface area contributed by atoms with Crippen molar-refractivity contribution in [3.8, 4) is 6.01 Å². The second-order valence-corrected chi connectivity index (χ2v) is 9.62. The zero-order chi connectivity index (χ0) is 22.2. The number of alkyl halides is 3. The summed E-state index contributed by atoms with van der Waals surface area (Å²) in [5.74, 6) is 2.89. The Morgan fingerprint density at radius 3 is 2.28 bits per heavy atom. The quantitative estimate of drug-likeness (QED) is 0.597. The van der Waals surface area contributed by atoms with E-state index in [1.165, 1.54) is 19.3 Å². The van der Waals surface area contributed by atoms with Gasteiger partial charge in [-0.15, -0.1) is 0 Å². The Hall–Kier alpha value is -1.88. The highest BCUT2D eigenvalue weighted by atomic mass is 19.4. The number of anilines is 2. The van der Waals surface area contributed by atoms with E-state index in [0.717, 1.165) is 37.0 Å². The molecule has 0 radical (unpaired) electrons. The van der Waals surface area contributed by atoms with Gasteiger partial charge in [0.05, 0.1) is 25.4 Å². The van der Waals surface area contributed by atoms with Crippen molar-refractivity contribution >= 4 is 11.9 Å². The fraction of sp³-hybridized carbons (Fsp3) is 0.857. The van der Waals surface area contributed by atoms with E-state index < -0.39 is 12.8 Å². The fourth-order valence-electron chi connectivity index (χ4n) is 6.18. The molecule has 1 aliphatic heterocycles. The van der Waals surface area contributed by atoms with Gasteiger partial charge in [0.15, 0.2) is 6.61 Å². The van der Waals surface area contributed by atoms with Crippen LogP contribution in [0.1, 0.15) is 38.5 Å². The second-order valence-electron chi connectivity index (χ2n) is 9.62. The van der Waals surface area contributed by atoms with Crippen molar-refractivity contribution in [2.45, 2.75) is 50.3 Å². The average molecular weight is 457 g/mol. The molecule has 4 aliphatic carbocycles. The Morgan fingerprint density at radius 2 is 1.66 bits per heavy atom. The van der Waals surface area contributed by atoms with E-state index in [-0.39, 0.29) is 23.5 Å². The van der Waals surface area contributed by atoms with Crippen LogP contribution in [0.4, 0.5) is 25.1 Å². The third-order valence-corrected chi connectivity index (χ3v) is 7.04. The molecule has 1 saturated heterocycles. The molecule has 2 heterocycles. The van der Waals surface area contributed by atoms with E-state index in [1.54, 1.807) is 0 Å². The molecular weight excluding hydrogens is 427 g/mol. The Balaban J connectivity index is 1.20. The second kappa shape index (κ2) is 8.81. The van der Waals surface area contributed by atoms with E-state index in [1.807, 2.05) is 4.90 Å². The maximum atomic E-state index is 12.6. The summed E-state index contributed by atoms with van der Waals surface area (Å²) in [6.07, 6.45) is 3.07. The molecule has 1 aromatic rings. The lowest BCUT2D eigenvalue weighted by molar-refractivity contribution is -0.159. The van der Waals surface area contributed by atoms with Crippen LogP contribution in [0.5, 0.6) is 6.01 Å². The normalized spacial score (nSPS) is 31.7. The highest BCUT2D eigenvalue weighted by Crippen LogP contribution is 2.57. The molecule has 4 saturated carbocycles. The van der Waals surface area contributed by atoms with Crippen LogP contribution in [0, 0.1) is 17.8 Å². The van der Waals surface area contributed by atoms with Gasteiger partial charge in [-0.2, -0.15) is 28.1 Å². The van der Waals surface area contributed by atoms with Crippen LogP contribution < -0.4 is 15.0 Å². The molecule has 1 N–H and O–H groups in total. The summed E-state index contributed by atoms with van der Waals surface area (Å²) in [5.41, 5.74) is 0.00940. The van der Waals surface area contributed by atoms with Gasteiger partial charge in [0.25, 0.3) is 0 Å². The van der Waals surface area contributed by atoms with E-state index in [4.69, 9.17) is 14.2 Å². The van der Waals surface area contributed by atoms with Crippen LogP contribution in [0.2, 0.25) is 0 Å². The van der Waals surface area contributed by atoms with Gasteiger partial charge >= 0.3 is 12.2 Å². The van der Waals surface area contributed by atoms with Gasteiger partial charge in [-0.3, -0.25) is 0 Å². The molecule has 6 rings (SSSR count). The minimum Gasteiger partial charge on any atom is -0.454 e. The fourth-order valence-corrected chi connectivity index (χ4v) is 6.18. The predicted molar refractivity (Wildman–Crippen MR) is 110 cm³/mol. The van der Waals surface area contributed by atoms with Gasteiger partial charge < -0.3 is 24.4 Å². The topological polar surface area (TPSA) is 81.6 Å². The molecule has 0 unspecified atom stereocenters. The number of ether oxygens (including phenoxy) is 3. The summed E-state index contributed by atoms with van der Waals surface area (Å²) in [4.78, 5) is 14.3.